The van der Waals surface area contributed by atoms with Crippen LogP contribution in [-0.2, 0) is 13.5 Å². The third-order valence-corrected chi connectivity index (χ3v) is 5.18. The summed E-state index contributed by atoms with van der Waals surface area (Å²) in [5, 5.41) is 4.27. The van der Waals surface area contributed by atoms with Crippen LogP contribution in [0.1, 0.15) is 51.5 Å². The van der Waals surface area contributed by atoms with Crippen LogP contribution < -0.4 is 5.73 Å². The summed E-state index contributed by atoms with van der Waals surface area (Å²) >= 11 is 0. The molecule has 1 heterocycles. The summed E-state index contributed by atoms with van der Waals surface area (Å²) in [6, 6.07) is 0. The number of nitrogens with two attached hydrogens (primary N) is 1. The molecule has 0 spiro atoms. The lowest BCUT2D eigenvalue weighted by molar-refractivity contribution is 0.0453. The van der Waals surface area contributed by atoms with Gasteiger partial charge in [-0.1, -0.05) is 13.8 Å². The summed E-state index contributed by atoms with van der Waals surface area (Å²) < 4.78 is 1.89. The molecule has 1 saturated carbocycles. The molecule has 1 aromatic heterocycles. The van der Waals surface area contributed by atoms with Crippen molar-refractivity contribution in [3.8, 4) is 0 Å². The molecule has 0 bridgehead atoms. The molecule has 0 aliphatic heterocycles. The highest BCUT2D eigenvalue weighted by atomic mass is 15.2. The van der Waals surface area contributed by atoms with E-state index in [0.29, 0.717) is 0 Å². The van der Waals surface area contributed by atoms with Gasteiger partial charge in [0, 0.05) is 31.9 Å². The zero-order chi connectivity index (χ0) is 15.3. The van der Waals surface area contributed by atoms with Crippen molar-refractivity contribution in [1.29, 1.82) is 0 Å². The van der Waals surface area contributed by atoms with E-state index in [4.69, 9.17) is 5.73 Å². The third kappa shape index (κ3) is 4.07. The maximum absolute atomic E-state index is 6.23. The molecule has 4 nitrogen and oxygen atoms in total. The Morgan fingerprint density at radius 3 is 2.62 bits per heavy atom. The van der Waals surface area contributed by atoms with E-state index in [0.717, 1.165) is 32.0 Å². The Morgan fingerprint density at radius 2 is 2.10 bits per heavy atom. The second-order valence-corrected chi connectivity index (χ2v) is 6.87. The average molecular weight is 292 g/mol. The summed E-state index contributed by atoms with van der Waals surface area (Å²) in [6.45, 7) is 7.71. The molecule has 1 fully saturated rings. The van der Waals surface area contributed by atoms with Crippen LogP contribution >= 0.6 is 0 Å². The van der Waals surface area contributed by atoms with E-state index in [2.05, 4.69) is 30.0 Å². The van der Waals surface area contributed by atoms with Crippen LogP contribution in [0.15, 0.2) is 12.4 Å². The van der Waals surface area contributed by atoms with Crippen molar-refractivity contribution in [2.45, 2.75) is 57.9 Å². The van der Waals surface area contributed by atoms with Crippen molar-refractivity contribution in [1.82, 2.24) is 14.7 Å². The van der Waals surface area contributed by atoms with Crippen LogP contribution in [-0.4, -0.2) is 39.9 Å². The monoisotopic (exact) mass is 292 g/mol. The first-order valence-electron chi connectivity index (χ1n) is 8.52. The molecule has 4 heteroatoms. The quantitative estimate of drug-likeness (QED) is 0.840. The molecular weight excluding hydrogens is 260 g/mol. The summed E-state index contributed by atoms with van der Waals surface area (Å²) in [4.78, 5) is 2.67. The average Bonchev–Trinajstić information content (AvgIpc) is 2.90. The molecule has 2 rings (SSSR count). The summed E-state index contributed by atoms with van der Waals surface area (Å²) in [5.74, 6) is 0.867. The Hall–Kier alpha value is -0.870. The van der Waals surface area contributed by atoms with Crippen molar-refractivity contribution < 1.29 is 0 Å². The first-order valence-corrected chi connectivity index (χ1v) is 8.52. The van der Waals surface area contributed by atoms with Crippen molar-refractivity contribution >= 4 is 0 Å². The maximum atomic E-state index is 6.23. The van der Waals surface area contributed by atoms with Gasteiger partial charge in [0.15, 0.2) is 0 Å². The smallest absolute Gasteiger partial charge is 0.0522 e. The molecule has 2 N–H and O–H groups in total. The van der Waals surface area contributed by atoms with Gasteiger partial charge in [-0.15, -0.1) is 0 Å². The largest absolute Gasteiger partial charge is 0.329 e. The molecule has 0 aromatic carbocycles. The summed E-state index contributed by atoms with van der Waals surface area (Å²) in [7, 11) is 1.98. The van der Waals surface area contributed by atoms with Gasteiger partial charge >= 0.3 is 0 Å². The molecule has 1 aliphatic carbocycles. The molecule has 0 atom stereocenters. The van der Waals surface area contributed by atoms with E-state index in [-0.39, 0.29) is 5.54 Å². The molecule has 120 valence electrons. The summed E-state index contributed by atoms with van der Waals surface area (Å²) in [5.41, 5.74) is 7.80. The van der Waals surface area contributed by atoms with E-state index in [1.165, 1.54) is 37.7 Å². The predicted octanol–water partition coefficient (Wildman–Crippen LogP) is 2.58. The molecule has 21 heavy (non-hydrogen) atoms. The van der Waals surface area contributed by atoms with Crippen LogP contribution in [0.2, 0.25) is 0 Å². The number of hydrogen-bond donors (Lipinski definition) is 1. The number of rotatable bonds is 7. The zero-order valence-electron chi connectivity index (χ0n) is 14.0. The van der Waals surface area contributed by atoms with Crippen molar-refractivity contribution in [3.63, 3.8) is 0 Å². The Morgan fingerprint density at radius 1 is 1.38 bits per heavy atom. The molecule has 1 aromatic rings. The fourth-order valence-electron chi connectivity index (χ4n) is 3.67. The van der Waals surface area contributed by atoms with Crippen molar-refractivity contribution in [2.75, 3.05) is 19.6 Å². The molecule has 0 unspecified atom stereocenters. The Kier molecular flexibility index (Phi) is 5.82. The highest BCUT2D eigenvalue weighted by molar-refractivity contribution is 5.05. The predicted molar refractivity (Wildman–Crippen MR) is 88.2 cm³/mol. The molecule has 1 aliphatic rings. The van der Waals surface area contributed by atoms with Gasteiger partial charge in [-0.2, -0.15) is 5.10 Å². The maximum Gasteiger partial charge on any atom is 0.0522 e. The van der Waals surface area contributed by atoms with E-state index >= 15 is 0 Å². The molecule has 0 amide bonds. The fourth-order valence-corrected chi connectivity index (χ4v) is 3.67. The topological polar surface area (TPSA) is 47.1 Å². The van der Waals surface area contributed by atoms with E-state index < -0.39 is 0 Å². The van der Waals surface area contributed by atoms with Crippen LogP contribution in [0.3, 0.4) is 0 Å². The zero-order valence-corrected chi connectivity index (χ0v) is 14.0. The van der Waals surface area contributed by atoms with Gasteiger partial charge in [-0.05, 0) is 56.6 Å². The van der Waals surface area contributed by atoms with E-state index in [9.17, 15) is 0 Å². The lowest BCUT2D eigenvalue weighted by Crippen LogP contribution is -2.56. The van der Waals surface area contributed by atoms with Crippen LogP contribution in [0.4, 0.5) is 0 Å². The number of aryl methyl sites for hydroxylation is 1. The standard InChI is InChI=1S/C17H32N4/c1-4-10-21(11-7-16-12-19-20(3)13-16)17(14-18)8-5-15(2)6-9-17/h12-13,15H,4-11,14,18H2,1-3H3. The Labute approximate surface area is 129 Å². The number of hydrogen-bond acceptors (Lipinski definition) is 3. The summed E-state index contributed by atoms with van der Waals surface area (Å²) in [6.07, 6.45) is 11.6. The van der Waals surface area contributed by atoms with Gasteiger partial charge in [-0.25, -0.2) is 0 Å². The van der Waals surface area contributed by atoms with E-state index in [1.807, 2.05) is 17.9 Å². The molecule has 0 saturated heterocycles. The third-order valence-electron chi connectivity index (χ3n) is 5.18. The van der Waals surface area contributed by atoms with Crippen LogP contribution in [0.25, 0.3) is 0 Å². The minimum atomic E-state index is 0.241. The minimum Gasteiger partial charge on any atom is -0.329 e. The first kappa shape index (κ1) is 16.5. The van der Waals surface area contributed by atoms with Crippen LogP contribution in [0, 0.1) is 5.92 Å². The Balaban J connectivity index is 2.01. The van der Waals surface area contributed by atoms with Gasteiger partial charge in [0.2, 0.25) is 0 Å². The number of aromatic nitrogens is 2. The molecule has 0 radical (unpaired) electrons. The first-order chi connectivity index (χ1) is 10.1. The second-order valence-electron chi connectivity index (χ2n) is 6.87. The van der Waals surface area contributed by atoms with Crippen molar-refractivity contribution in [3.05, 3.63) is 18.0 Å². The van der Waals surface area contributed by atoms with E-state index in [1.54, 1.807) is 0 Å². The molecular formula is C17H32N4. The highest BCUT2D eigenvalue weighted by Gasteiger charge is 2.37. The Bertz CT molecular complexity index is 418. The van der Waals surface area contributed by atoms with Gasteiger partial charge in [0.05, 0.1) is 6.20 Å². The van der Waals surface area contributed by atoms with Gasteiger partial charge in [0.1, 0.15) is 0 Å². The normalized spacial score (nSPS) is 26.4. The second kappa shape index (κ2) is 7.41. The number of nitrogens with zero attached hydrogens (tertiary/aromatic N) is 3. The van der Waals surface area contributed by atoms with Crippen LogP contribution in [0.5, 0.6) is 0 Å². The fraction of sp³-hybridized carbons (Fsp3) is 0.824. The van der Waals surface area contributed by atoms with Gasteiger partial charge in [-0.3, -0.25) is 9.58 Å². The lowest BCUT2D eigenvalue weighted by atomic mass is 9.75. The lowest BCUT2D eigenvalue weighted by Gasteiger charge is -2.47. The van der Waals surface area contributed by atoms with Gasteiger partial charge < -0.3 is 5.73 Å². The highest BCUT2D eigenvalue weighted by Crippen LogP contribution is 2.36. The van der Waals surface area contributed by atoms with Gasteiger partial charge in [0.25, 0.3) is 0 Å². The SMILES string of the molecule is CCCN(CCc1cnn(C)c1)C1(CN)CCC(C)CC1. The van der Waals surface area contributed by atoms with Crippen molar-refractivity contribution in [2.24, 2.45) is 18.7 Å². The minimum absolute atomic E-state index is 0.241.